The second kappa shape index (κ2) is 13.1. The number of rotatable bonds is 12. The lowest BCUT2D eigenvalue weighted by atomic mass is 10.0. The molecule has 8 atom stereocenters. The molecule has 0 radical (unpaired) electrons. The van der Waals surface area contributed by atoms with Crippen LogP contribution in [0.5, 0.6) is 0 Å². The van der Waals surface area contributed by atoms with Crippen LogP contribution in [0.4, 0.5) is 16.0 Å². The quantitative estimate of drug-likeness (QED) is 0.124. The van der Waals surface area contributed by atoms with Crippen LogP contribution < -0.4 is 11.5 Å². The zero-order valence-corrected chi connectivity index (χ0v) is 26.1. The van der Waals surface area contributed by atoms with E-state index in [2.05, 4.69) is 42.5 Å². The first-order valence-corrected chi connectivity index (χ1v) is 17.2. The van der Waals surface area contributed by atoms with Gasteiger partial charge in [0.15, 0.2) is 35.3 Å². The van der Waals surface area contributed by atoms with Crippen LogP contribution in [0.25, 0.3) is 22.3 Å². The molecule has 4 aromatic rings. The van der Waals surface area contributed by atoms with Crippen molar-refractivity contribution in [1.82, 2.24) is 39.0 Å². The van der Waals surface area contributed by atoms with E-state index >= 15 is 4.39 Å². The molecule has 0 amide bonds. The van der Waals surface area contributed by atoms with E-state index in [1.807, 2.05) is 0 Å². The van der Waals surface area contributed by atoms with Crippen molar-refractivity contribution in [3.63, 3.8) is 0 Å². The Balaban J connectivity index is 1.15. The molecule has 0 bridgehead atoms. The summed E-state index contributed by atoms with van der Waals surface area (Å²) in [5.41, 5.74) is 13.2. The second-order valence-electron chi connectivity index (χ2n) is 10.0. The average molecular weight is 689 g/mol. The Morgan fingerprint density at radius 3 is 2.30 bits per heavy atom. The number of alkyl halides is 1. The number of hydrogen-bond acceptors (Lipinski definition) is 16. The van der Waals surface area contributed by atoms with E-state index in [0.717, 1.165) is 0 Å². The van der Waals surface area contributed by atoms with Crippen LogP contribution in [-0.4, -0.2) is 87.4 Å². The van der Waals surface area contributed by atoms with Crippen molar-refractivity contribution in [2.75, 3.05) is 30.4 Å². The number of aromatic nitrogens is 8. The van der Waals surface area contributed by atoms with Crippen molar-refractivity contribution in [2.45, 2.75) is 49.8 Å². The predicted octanol–water partition coefficient (Wildman–Crippen LogP) is 2.13. The number of nitrogens with two attached hydrogens (primary N) is 2. The molecular formula is C22H27FN10O7P2S2. The third-order valence-corrected chi connectivity index (χ3v) is 9.43. The number of thiol groups is 1. The predicted molar refractivity (Wildman–Crippen MR) is 160 cm³/mol. The van der Waals surface area contributed by atoms with Crippen LogP contribution in [0.3, 0.4) is 0 Å². The number of halogens is 1. The van der Waals surface area contributed by atoms with Gasteiger partial charge in [-0.3, -0.25) is 18.2 Å². The van der Waals surface area contributed by atoms with Crippen LogP contribution in [-0.2, 0) is 39.4 Å². The number of hydrogen-bond donors (Lipinski definition) is 4. The highest BCUT2D eigenvalue weighted by Crippen LogP contribution is 2.51. The highest BCUT2D eigenvalue weighted by Gasteiger charge is 2.50. The number of imidazole rings is 2. The van der Waals surface area contributed by atoms with Crippen molar-refractivity contribution in [1.29, 1.82) is 0 Å². The van der Waals surface area contributed by atoms with E-state index in [-0.39, 0.29) is 41.9 Å². The smallest absolute Gasteiger partial charge is 0.327 e. The van der Waals surface area contributed by atoms with Gasteiger partial charge in [0.05, 0.1) is 32.0 Å². The summed E-state index contributed by atoms with van der Waals surface area (Å²) >= 11 is 9.65. The van der Waals surface area contributed by atoms with Gasteiger partial charge in [-0.2, -0.15) is 12.6 Å². The van der Waals surface area contributed by atoms with Crippen LogP contribution >= 0.6 is 28.0 Å². The Kier molecular flexibility index (Phi) is 9.35. The molecule has 17 nitrogen and oxygen atoms in total. The van der Waals surface area contributed by atoms with Crippen LogP contribution in [0.15, 0.2) is 25.3 Å². The minimum absolute atomic E-state index is 0.00186. The molecule has 5 N–H and O–H groups in total. The summed E-state index contributed by atoms with van der Waals surface area (Å²) in [6.45, 7) is -4.55. The molecule has 2 aliphatic heterocycles. The Hall–Kier alpha value is -2.51. The summed E-state index contributed by atoms with van der Waals surface area (Å²) in [5, 5.41) is 0. The highest BCUT2D eigenvalue weighted by atomic mass is 32.5. The SMILES string of the molecule is Nc1ncnc2c1ncn2[C@@H]1O[C@H](COP(O)(=S)O[C@H]2[C@@H](F)[C@H](n3cnc4c(N)ncnc43)O[C@@H]2COP=O)C[C@H]1CCS. The van der Waals surface area contributed by atoms with E-state index in [1.54, 1.807) is 10.9 Å². The summed E-state index contributed by atoms with van der Waals surface area (Å²) in [7, 11) is -0.654. The maximum absolute atomic E-state index is 15.9. The topological polar surface area (TPSA) is 223 Å². The highest BCUT2D eigenvalue weighted by molar-refractivity contribution is 8.07. The summed E-state index contributed by atoms with van der Waals surface area (Å²) in [6.07, 6.45) is -0.0738. The third kappa shape index (κ3) is 6.16. The summed E-state index contributed by atoms with van der Waals surface area (Å²) in [4.78, 5) is 35.7. The molecule has 0 spiro atoms. The van der Waals surface area contributed by atoms with E-state index in [4.69, 9.17) is 46.3 Å². The Morgan fingerprint density at radius 1 is 1.05 bits per heavy atom. The largest absolute Gasteiger partial charge is 0.382 e. The van der Waals surface area contributed by atoms with Crippen LogP contribution in [0.1, 0.15) is 25.3 Å². The second-order valence-corrected chi connectivity index (χ2v) is 13.7. The molecule has 22 heteroatoms. The first kappa shape index (κ1) is 31.5. The summed E-state index contributed by atoms with van der Waals surface area (Å²) in [6, 6.07) is 0. The monoisotopic (exact) mass is 688 g/mol. The number of fused-ring (bicyclic) bond motifs is 2. The standard InChI is InChI=1S/C22H27FN10O7P2S2/c23-13-16(12(5-36-41-34)39-22(13)33-9-31-15-18(25)27-7-29-20(15)33)40-42(35,44)37-4-11-3-10(1-2-43)21(38-11)32-8-30-14-17(24)26-6-28-19(14)32/h6-13,16,21-22,43H,1-5H2,(H,35,44)(H2,24,26,28)(H2,25,27,29)/t10-,11+,12-,13-,16-,21-,22-,42?/m1/s1. The summed E-state index contributed by atoms with van der Waals surface area (Å²) < 4.78 is 58.4. The molecule has 236 valence electrons. The van der Waals surface area contributed by atoms with Gasteiger partial charge in [-0.15, -0.1) is 0 Å². The lowest BCUT2D eigenvalue weighted by molar-refractivity contribution is -0.0423. The normalized spacial score (nSPS) is 28.8. The van der Waals surface area contributed by atoms with Gasteiger partial charge in [0, 0.05) is 5.92 Å². The van der Waals surface area contributed by atoms with Gasteiger partial charge < -0.3 is 30.4 Å². The Labute approximate surface area is 260 Å². The zero-order chi connectivity index (χ0) is 31.0. The van der Waals surface area contributed by atoms with Gasteiger partial charge in [-0.25, -0.2) is 38.9 Å². The van der Waals surface area contributed by atoms with Crippen molar-refractivity contribution >= 4 is 73.8 Å². The van der Waals surface area contributed by atoms with Gasteiger partial charge in [-0.05, 0) is 30.4 Å². The lowest BCUT2D eigenvalue weighted by Gasteiger charge is -2.25. The maximum Gasteiger partial charge on any atom is 0.327 e. The van der Waals surface area contributed by atoms with E-state index in [1.165, 1.54) is 23.5 Å². The average Bonchev–Trinajstić information content (AvgIpc) is 3.77. The van der Waals surface area contributed by atoms with Gasteiger partial charge in [0.25, 0.3) is 0 Å². The van der Waals surface area contributed by atoms with E-state index in [9.17, 15) is 9.46 Å². The molecule has 0 saturated carbocycles. The molecule has 6 heterocycles. The molecule has 1 unspecified atom stereocenters. The van der Waals surface area contributed by atoms with Crippen molar-refractivity contribution in [3.05, 3.63) is 25.3 Å². The molecule has 4 aromatic heterocycles. The minimum atomic E-state index is -4.07. The van der Waals surface area contributed by atoms with E-state index in [0.29, 0.717) is 29.8 Å². The van der Waals surface area contributed by atoms with Gasteiger partial charge in [0.1, 0.15) is 42.1 Å². The first-order valence-electron chi connectivity index (χ1n) is 13.2. The fourth-order valence-corrected chi connectivity index (χ4v) is 7.40. The summed E-state index contributed by atoms with van der Waals surface area (Å²) in [5.74, 6) is 0.950. The number of nitrogen functional groups attached to an aromatic ring is 2. The van der Waals surface area contributed by atoms with E-state index < -0.39 is 52.3 Å². The first-order chi connectivity index (χ1) is 21.2. The fraction of sp³-hybridized carbons (Fsp3) is 0.545. The number of anilines is 2. The zero-order valence-electron chi connectivity index (χ0n) is 22.6. The lowest BCUT2D eigenvalue weighted by Crippen LogP contribution is -2.33. The number of nitrogens with zero attached hydrogens (tertiary/aromatic N) is 8. The van der Waals surface area contributed by atoms with Crippen molar-refractivity contribution < 1.29 is 36.9 Å². The fourth-order valence-electron chi connectivity index (χ4n) is 5.40. The minimum Gasteiger partial charge on any atom is -0.382 e. The molecule has 0 aromatic carbocycles. The maximum atomic E-state index is 15.9. The Bertz CT molecular complexity index is 1700. The third-order valence-electron chi connectivity index (χ3n) is 7.36. The molecule has 2 fully saturated rings. The van der Waals surface area contributed by atoms with Gasteiger partial charge >= 0.3 is 15.4 Å². The Morgan fingerprint density at radius 2 is 1.68 bits per heavy atom. The molecule has 44 heavy (non-hydrogen) atoms. The molecular weight excluding hydrogens is 661 g/mol. The molecule has 2 aliphatic rings. The van der Waals surface area contributed by atoms with Crippen LogP contribution in [0, 0.1) is 5.92 Å². The van der Waals surface area contributed by atoms with Crippen molar-refractivity contribution in [3.8, 4) is 0 Å². The number of ether oxygens (including phenoxy) is 2. The van der Waals surface area contributed by atoms with Crippen LogP contribution in [0.2, 0.25) is 0 Å². The van der Waals surface area contributed by atoms with Gasteiger partial charge in [-0.1, -0.05) is 0 Å². The van der Waals surface area contributed by atoms with Gasteiger partial charge in [0.2, 0.25) is 0 Å². The molecule has 0 aliphatic carbocycles. The molecule has 2 saturated heterocycles. The van der Waals surface area contributed by atoms with Crippen molar-refractivity contribution in [2.24, 2.45) is 5.92 Å². The molecule has 6 rings (SSSR count).